The highest BCUT2D eigenvalue weighted by Crippen LogP contribution is 2.23. The molecular weight excluding hydrogens is 260 g/mol. The topological polar surface area (TPSA) is 80.5 Å². The summed E-state index contributed by atoms with van der Waals surface area (Å²) in [5, 5.41) is 10.8. The summed E-state index contributed by atoms with van der Waals surface area (Å²) in [5.74, 6) is -0.439. The first-order valence-corrected chi connectivity index (χ1v) is 6.49. The number of hydrogen-bond donors (Lipinski definition) is 0. The van der Waals surface area contributed by atoms with Crippen molar-refractivity contribution in [3.05, 3.63) is 39.4 Å². The van der Waals surface area contributed by atoms with Gasteiger partial charge in [0.15, 0.2) is 5.78 Å². The molecule has 1 aromatic carbocycles. The van der Waals surface area contributed by atoms with Crippen molar-refractivity contribution in [3.8, 4) is 0 Å². The first kappa shape index (κ1) is 14.2. The molecular formula is C14H16N2O4. The zero-order valence-electron chi connectivity index (χ0n) is 11.5. The van der Waals surface area contributed by atoms with Gasteiger partial charge in [0.1, 0.15) is 0 Å². The van der Waals surface area contributed by atoms with Crippen molar-refractivity contribution in [2.75, 3.05) is 13.1 Å². The molecule has 0 atom stereocenters. The van der Waals surface area contributed by atoms with Crippen molar-refractivity contribution in [1.29, 1.82) is 0 Å². The Hall–Kier alpha value is -2.24. The van der Waals surface area contributed by atoms with Gasteiger partial charge in [-0.1, -0.05) is 19.9 Å². The number of carbonyl (C=O) groups is 2. The fraction of sp³-hybridized carbons (Fsp3) is 0.429. The van der Waals surface area contributed by atoms with E-state index in [1.54, 1.807) is 19.9 Å². The molecule has 6 nitrogen and oxygen atoms in total. The van der Waals surface area contributed by atoms with Crippen molar-refractivity contribution in [2.24, 2.45) is 5.92 Å². The van der Waals surface area contributed by atoms with Gasteiger partial charge in [0.2, 0.25) is 0 Å². The molecule has 1 amide bonds. The van der Waals surface area contributed by atoms with Gasteiger partial charge >= 0.3 is 0 Å². The monoisotopic (exact) mass is 276 g/mol. The van der Waals surface area contributed by atoms with Gasteiger partial charge in [0.05, 0.1) is 11.5 Å². The number of carbonyl (C=O) groups excluding carboxylic acids is 2. The van der Waals surface area contributed by atoms with Crippen molar-refractivity contribution >= 4 is 17.4 Å². The maximum Gasteiger partial charge on any atom is 0.270 e. The fourth-order valence-electron chi connectivity index (χ4n) is 2.14. The lowest BCUT2D eigenvalue weighted by Gasteiger charge is -2.28. The van der Waals surface area contributed by atoms with Crippen molar-refractivity contribution in [2.45, 2.75) is 20.3 Å². The lowest BCUT2D eigenvalue weighted by atomic mass is 9.97. The standard InChI is InChI=1S/C14H16N2O4/c1-9(2)13(17)8-15-6-5-10-3-4-11(16(19)20)7-12(10)14(15)18/h3-4,7,9H,5-6,8H2,1-2H3. The number of non-ortho nitro benzene ring substituents is 1. The van der Waals surface area contributed by atoms with Gasteiger partial charge in [0, 0.05) is 30.2 Å². The van der Waals surface area contributed by atoms with Crippen LogP contribution in [-0.2, 0) is 11.2 Å². The number of ketones is 1. The fourth-order valence-corrected chi connectivity index (χ4v) is 2.14. The number of Topliss-reactive ketones (excluding diaryl/α,β-unsaturated/α-hetero) is 1. The zero-order valence-corrected chi connectivity index (χ0v) is 11.5. The molecule has 0 spiro atoms. The maximum atomic E-state index is 12.3. The van der Waals surface area contributed by atoms with E-state index in [-0.39, 0.29) is 29.8 Å². The van der Waals surface area contributed by atoms with E-state index in [0.29, 0.717) is 18.5 Å². The van der Waals surface area contributed by atoms with Crippen LogP contribution in [-0.4, -0.2) is 34.6 Å². The Morgan fingerprint density at radius 1 is 1.45 bits per heavy atom. The van der Waals surface area contributed by atoms with E-state index in [2.05, 4.69) is 0 Å². The zero-order chi connectivity index (χ0) is 14.9. The molecule has 1 aliphatic heterocycles. The molecule has 1 aromatic rings. The van der Waals surface area contributed by atoms with Gasteiger partial charge in [-0.15, -0.1) is 0 Å². The number of hydrogen-bond acceptors (Lipinski definition) is 4. The summed E-state index contributed by atoms with van der Waals surface area (Å²) < 4.78 is 0. The number of nitrogens with zero attached hydrogens (tertiary/aromatic N) is 2. The number of rotatable bonds is 4. The molecule has 0 saturated carbocycles. The number of fused-ring (bicyclic) bond motifs is 1. The van der Waals surface area contributed by atoms with Crippen molar-refractivity contribution < 1.29 is 14.5 Å². The molecule has 6 heteroatoms. The van der Waals surface area contributed by atoms with Gasteiger partial charge < -0.3 is 4.90 Å². The molecule has 1 heterocycles. The van der Waals surface area contributed by atoms with E-state index in [4.69, 9.17) is 0 Å². The van der Waals surface area contributed by atoms with Crippen LogP contribution >= 0.6 is 0 Å². The van der Waals surface area contributed by atoms with Crippen molar-refractivity contribution in [1.82, 2.24) is 4.90 Å². The van der Waals surface area contributed by atoms with E-state index in [9.17, 15) is 19.7 Å². The number of benzene rings is 1. The van der Waals surface area contributed by atoms with Gasteiger partial charge in [-0.05, 0) is 12.0 Å². The van der Waals surface area contributed by atoms with Crippen LogP contribution in [0, 0.1) is 16.0 Å². The molecule has 20 heavy (non-hydrogen) atoms. The van der Waals surface area contributed by atoms with E-state index >= 15 is 0 Å². The molecule has 1 aliphatic rings. The molecule has 106 valence electrons. The second-order valence-electron chi connectivity index (χ2n) is 5.20. The summed E-state index contributed by atoms with van der Waals surface area (Å²) >= 11 is 0. The summed E-state index contributed by atoms with van der Waals surface area (Å²) in [6.45, 7) is 4.12. The minimum absolute atomic E-state index is 0.00719. The first-order chi connectivity index (χ1) is 9.40. The van der Waals surface area contributed by atoms with Crippen LogP contribution in [0.1, 0.15) is 29.8 Å². The molecule has 0 aliphatic carbocycles. The van der Waals surface area contributed by atoms with E-state index in [1.807, 2.05) is 0 Å². The Labute approximate surface area is 116 Å². The molecule has 2 rings (SSSR count). The summed E-state index contributed by atoms with van der Waals surface area (Å²) in [6.07, 6.45) is 0.616. The minimum Gasteiger partial charge on any atom is -0.331 e. The molecule has 0 N–H and O–H groups in total. The van der Waals surface area contributed by atoms with E-state index in [0.717, 1.165) is 5.56 Å². The second-order valence-corrected chi connectivity index (χ2v) is 5.20. The number of nitro groups is 1. The minimum atomic E-state index is -0.522. The van der Waals surface area contributed by atoms with Crippen molar-refractivity contribution in [3.63, 3.8) is 0 Å². The van der Waals surface area contributed by atoms with Crippen LogP contribution in [0.25, 0.3) is 0 Å². The van der Waals surface area contributed by atoms with Crippen LogP contribution in [0.3, 0.4) is 0 Å². The van der Waals surface area contributed by atoms with Gasteiger partial charge in [-0.25, -0.2) is 0 Å². The Balaban J connectivity index is 2.26. The normalized spacial score (nSPS) is 14.3. The van der Waals surface area contributed by atoms with Crippen LogP contribution in [0.4, 0.5) is 5.69 Å². The summed E-state index contributed by atoms with van der Waals surface area (Å²) in [7, 11) is 0. The average molecular weight is 276 g/mol. The number of nitro benzene ring substituents is 1. The van der Waals surface area contributed by atoms with E-state index in [1.165, 1.54) is 17.0 Å². The lowest BCUT2D eigenvalue weighted by molar-refractivity contribution is -0.384. The second kappa shape index (κ2) is 5.40. The summed E-state index contributed by atoms with van der Waals surface area (Å²) in [4.78, 5) is 35.8. The Morgan fingerprint density at radius 3 is 2.75 bits per heavy atom. The SMILES string of the molecule is CC(C)C(=O)CN1CCc2ccc([N+](=O)[O-])cc2C1=O. The van der Waals surface area contributed by atoms with Gasteiger partial charge in [-0.3, -0.25) is 19.7 Å². The summed E-state index contributed by atoms with van der Waals surface area (Å²) in [5.41, 5.74) is 1.03. The highest BCUT2D eigenvalue weighted by molar-refractivity contribution is 5.99. The average Bonchev–Trinajstić information content (AvgIpc) is 2.41. The predicted octanol–water partition coefficient (Wildman–Crippen LogP) is 1.82. The van der Waals surface area contributed by atoms with Crippen LogP contribution < -0.4 is 0 Å². The van der Waals surface area contributed by atoms with Gasteiger partial charge in [0.25, 0.3) is 11.6 Å². The predicted molar refractivity (Wildman–Crippen MR) is 72.5 cm³/mol. The van der Waals surface area contributed by atoms with Crippen LogP contribution in [0.5, 0.6) is 0 Å². The molecule has 0 aromatic heterocycles. The molecule has 0 saturated heterocycles. The largest absolute Gasteiger partial charge is 0.331 e. The first-order valence-electron chi connectivity index (χ1n) is 6.49. The molecule has 0 fully saturated rings. The smallest absolute Gasteiger partial charge is 0.270 e. The Morgan fingerprint density at radius 2 is 2.15 bits per heavy atom. The maximum absolute atomic E-state index is 12.3. The highest BCUT2D eigenvalue weighted by atomic mass is 16.6. The number of amides is 1. The van der Waals surface area contributed by atoms with Crippen LogP contribution in [0.2, 0.25) is 0 Å². The highest BCUT2D eigenvalue weighted by Gasteiger charge is 2.28. The molecule has 0 bridgehead atoms. The Kier molecular flexibility index (Phi) is 3.83. The molecule has 0 radical (unpaired) electrons. The molecule has 0 unspecified atom stereocenters. The third kappa shape index (κ3) is 2.68. The van der Waals surface area contributed by atoms with Crippen LogP contribution in [0.15, 0.2) is 18.2 Å². The quantitative estimate of drug-likeness (QED) is 0.620. The Bertz CT molecular complexity index is 581. The third-order valence-corrected chi connectivity index (χ3v) is 3.46. The summed E-state index contributed by atoms with van der Waals surface area (Å²) in [6, 6.07) is 4.32. The van der Waals surface area contributed by atoms with Gasteiger partial charge in [-0.2, -0.15) is 0 Å². The van der Waals surface area contributed by atoms with E-state index < -0.39 is 4.92 Å². The third-order valence-electron chi connectivity index (χ3n) is 3.46. The lowest BCUT2D eigenvalue weighted by Crippen LogP contribution is -2.41.